The molecule has 0 spiro atoms. The molecule has 1 aliphatic heterocycles. The maximum atomic E-state index is 5.27. The van der Waals surface area contributed by atoms with Crippen molar-refractivity contribution in [3.63, 3.8) is 0 Å². The van der Waals surface area contributed by atoms with Gasteiger partial charge in [0.1, 0.15) is 5.69 Å². The predicted molar refractivity (Wildman–Crippen MR) is 100 cm³/mol. The molecule has 0 amide bonds. The van der Waals surface area contributed by atoms with Crippen molar-refractivity contribution in [3.8, 4) is 5.88 Å². The van der Waals surface area contributed by atoms with Gasteiger partial charge in [-0.15, -0.1) is 11.3 Å². The summed E-state index contributed by atoms with van der Waals surface area (Å²) in [6.45, 7) is 2.07. The van der Waals surface area contributed by atoms with Gasteiger partial charge in [-0.2, -0.15) is 0 Å². The quantitative estimate of drug-likeness (QED) is 0.719. The van der Waals surface area contributed by atoms with Gasteiger partial charge in [-0.3, -0.25) is 4.90 Å². The van der Waals surface area contributed by atoms with Crippen molar-refractivity contribution < 1.29 is 4.74 Å². The molecule has 1 fully saturated rings. The largest absolute Gasteiger partial charge is 0.480 e. The van der Waals surface area contributed by atoms with E-state index in [0.29, 0.717) is 11.9 Å². The molecule has 128 valence electrons. The molecule has 3 heterocycles. The standard InChI is InChI=1S/C19H20N4OS/c1-24-18-16(8-5-10-20-18)22-19-21-12-15(25-19)13-23-11-9-17(23)14-6-3-2-4-7-14/h2-8,10,12,17H,9,11,13H2,1H3,(H,21,22). The molecule has 1 saturated heterocycles. The van der Waals surface area contributed by atoms with Gasteiger partial charge in [-0.05, 0) is 24.1 Å². The molecule has 0 aliphatic carbocycles. The predicted octanol–water partition coefficient (Wildman–Crippen LogP) is 4.24. The first kappa shape index (κ1) is 16.1. The summed E-state index contributed by atoms with van der Waals surface area (Å²) in [7, 11) is 1.62. The molecule has 1 N–H and O–H groups in total. The van der Waals surface area contributed by atoms with E-state index < -0.39 is 0 Å². The van der Waals surface area contributed by atoms with Gasteiger partial charge in [0.15, 0.2) is 5.13 Å². The number of aromatic nitrogens is 2. The molecule has 1 aliphatic rings. The smallest absolute Gasteiger partial charge is 0.237 e. The lowest BCUT2D eigenvalue weighted by molar-refractivity contribution is 0.0831. The average molecular weight is 352 g/mol. The van der Waals surface area contributed by atoms with Gasteiger partial charge in [0.05, 0.1) is 7.11 Å². The molecular weight excluding hydrogens is 332 g/mol. The Morgan fingerprint density at radius 2 is 2.08 bits per heavy atom. The zero-order chi connectivity index (χ0) is 17.1. The van der Waals surface area contributed by atoms with Gasteiger partial charge < -0.3 is 10.1 Å². The SMILES string of the molecule is COc1ncccc1Nc1ncc(CN2CCC2c2ccccc2)s1. The number of rotatable bonds is 6. The highest BCUT2D eigenvalue weighted by Gasteiger charge is 2.29. The Balaban J connectivity index is 1.42. The second-order valence-corrected chi connectivity index (χ2v) is 7.12. The fraction of sp³-hybridized carbons (Fsp3) is 0.263. The Morgan fingerprint density at radius 3 is 2.84 bits per heavy atom. The molecule has 1 aromatic carbocycles. The Morgan fingerprint density at radius 1 is 1.20 bits per heavy atom. The minimum absolute atomic E-state index is 0.526. The fourth-order valence-electron chi connectivity index (χ4n) is 3.09. The van der Waals surface area contributed by atoms with Gasteiger partial charge in [0, 0.05) is 36.4 Å². The Hall–Kier alpha value is -2.44. The van der Waals surface area contributed by atoms with E-state index in [4.69, 9.17) is 4.74 Å². The number of hydrogen-bond acceptors (Lipinski definition) is 6. The number of likely N-dealkylation sites (tertiary alicyclic amines) is 1. The van der Waals surface area contributed by atoms with Crippen LogP contribution in [0, 0.1) is 0 Å². The van der Waals surface area contributed by atoms with Crippen molar-refractivity contribution in [3.05, 3.63) is 65.3 Å². The summed E-state index contributed by atoms with van der Waals surface area (Å²) >= 11 is 1.67. The van der Waals surface area contributed by atoms with Crippen molar-refractivity contribution in [2.45, 2.75) is 19.0 Å². The van der Waals surface area contributed by atoms with E-state index in [1.165, 1.54) is 16.9 Å². The Labute approximate surface area is 151 Å². The lowest BCUT2D eigenvalue weighted by Crippen LogP contribution is -2.39. The number of pyridine rings is 1. The van der Waals surface area contributed by atoms with Crippen LogP contribution in [0.15, 0.2) is 54.9 Å². The zero-order valence-corrected chi connectivity index (χ0v) is 14.9. The van der Waals surface area contributed by atoms with Gasteiger partial charge in [-0.1, -0.05) is 30.3 Å². The van der Waals surface area contributed by atoms with Crippen LogP contribution in [-0.2, 0) is 6.54 Å². The second-order valence-electron chi connectivity index (χ2n) is 6.00. The summed E-state index contributed by atoms with van der Waals surface area (Å²) in [6.07, 6.45) is 4.89. The van der Waals surface area contributed by atoms with Crippen molar-refractivity contribution in [2.24, 2.45) is 0 Å². The average Bonchev–Trinajstić information content (AvgIpc) is 3.07. The summed E-state index contributed by atoms with van der Waals surface area (Å²) in [5, 5.41) is 4.16. The second kappa shape index (κ2) is 7.21. The van der Waals surface area contributed by atoms with Crippen LogP contribution >= 0.6 is 11.3 Å². The highest BCUT2D eigenvalue weighted by Crippen LogP contribution is 2.36. The molecular formula is C19H20N4OS. The molecule has 6 heteroatoms. The molecule has 4 rings (SSSR count). The normalized spacial score (nSPS) is 17.1. The van der Waals surface area contributed by atoms with Gasteiger partial charge in [0.25, 0.3) is 0 Å². The van der Waals surface area contributed by atoms with Crippen LogP contribution in [0.1, 0.15) is 22.9 Å². The third-order valence-electron chi connectivity index (χ3n) is 4.43. The number of benzene rings is 1. The number of methoxy groups -OCH3 is 1. The lowest BCUT2D eigenvalue weighted by atomic mass is 9.95. The third kappa shape index (κ3) is 3.50. The van der Waals surface area contributed by atoms with Gasteiger partial charge in [-0.25, -0.2) is 9.97 Å². The Kier molecular flexibility index (Phi) is 4.63. The van der Waals surface area contributed by atoms with Crippen LogP contribution in [0.2, 0.25) is 0 Å². The minimum Gasteiger partial charge on any atom is -0.480 e. The number of ether oxygens (including phenoxy) is 1. The van der Waals surface area contributed by atoms with Crippen LogP contribution in [0.3, 0.4) is 0 Å². The molecule has 1 atom stereocenters. The van der Waals surface area contributed by atoms with E-state index in [1.807, 2.05) is 18.3 Å². The van der Waals surface area contributed by atoms with Gasteiger partial charge in [0.2, 0.25) is 5.88 Å². The molecule has 0 bridgehead atoms. The number of anilines is 2. The number of nitrogens with zero attached hydrogens (tertiary/aromatic N) is 3. The monoisotopic (exact) mass is 352 g/mol. The highest BCUT2D eigenvalue weighted by molar-refractivity contribution is 7.15. The highest BCUT2D eigenvalue weighted by atomic mass is 32.1. The van der Waals surface area contributed by atoms with E-state index in [-0.39, 0.29) is 0 Å². The van der Waals surface area contributed by atoms with E-state index in [9.17, 15) is 0 Å². The first-order valence-electron chi connectivity index (χ1n) is 8.33. The van der Waals surface area contributed by atoms with Crippen LogP contribution in [0.5, 0.6) is 5.88 Å². The molecule has 5 nitrogen and oxygen atoms in total. The molecule has 0 radical (unpaired) electrons. The van der Waals surface area contributed by atoms with Crippen molar-refractivity contribution in [2.75, 3.05) is 19.0 Å². The Bertz CT molecular complexity index is 836. The number of thiazole rings is 1. The molecule has 0 saturated carbocycles. The molecule has 2 aromatic heterocycles. The van der Waals surface area contributed by atoms with Crippen molar-refractivity contribution in [1.82, 2.24) is 14.9 Å². The van der Waals surface area contributed by atoms with Crippen LogP contribution < -0.4 is 10.1 Å². The lowest BCUT2D eigenvalue weighted by Gasteiger charge is -2.41. The fourth-order valence-corrected chi connectivity index (χ4v) is 3.94. The maximum Gasteiger partial charge on any atom is 0.237 e. The minimum atomic E-state index is 0.526. The third-order valence-corrected chi connectivity index (χ3v) is 5.33. The topological polar surface area (TPSA) is 50.3 Å². The van der Waals surface area contributed by atoms with Crippen LogP contribution in [0.25, 0.3) is 0 Å². The number of nitrogens with one attached hydrogen (secondary N) is 1. The van der Waals surface area contributed by atoms with E-state index in [0.717, 1.165) is 23.9 Å². The maximum absolute atomic E-state index is 5.27. The molecule has 3 aromatic rings. The van der Waals surface area contributed by atoms with E-state index >= 15 is 0 Å². The van der Waals surface area contributed by atoms with Crippen molar-refractivity contribution >= 4 is 22.2 Å². The summed E-state index contributed by atoms with van der Waals surface area (Å²) < 4.78 is 5.27. The first-order valence-corrected chi connectivity index (χ1v) is 9.15. The zero-order valence-electron chi connectivity index (χ0n) is 14.1. The molecule has 1 unspecified atom stereocenters. The summed E-state index contributed by atoms with van der Waals surface area (Å²) in [4.78, 5) is 12.4. The van der Waals surface area contributed by atoms with E-state index in [2.05, 4.69) is 50.5 Å². The summed E-state index contributed by atoms with van der Waals surface area (Å²) in [5.41, 5.74) is 2.23. The van der Waals surface area contributed by atoms with Crippen LogP contribution in [-0.4, -0.2) is 28.5 Å². The number of hydrogen-bond donors (Lipinski definition) is 1. The van der Waals surface area contributed by atoms with Crippen molar-refractivity contribution in [1.29, 1.82) is 0 Å². The molecule has 25 heavy (non-hydrogen) atoms. The van der Waals surface area contributed by atoms with Crippen LogP contribution in [0.4, 0.5) is 10.8 Å². The van der Waals surface area contributed by atoms with E-state index in [1.54, 1.807) is 24.6 Å². The van der Waals surface area contributed by atoms with Gasteiger partial charge >= 0.3 is 0 Å². The first-order chi connectivity index (χ1) is 12.3. The summed E-state index contributed by atoms with van der Waals surface area (Å²) in [6, 6.07) is 15.1. The summed E-state index contributed by atoms with van der Waals surface area (Å²) in [5.74, 6) is 0.575.